The van der Waals surface area contributed by atoms with E-state index in [1.165, 1.54) is 29.2 Å². The molecular formula is C6H8N5O2S-. The van der Waals surface area contributed by atoms with Gasteiger partial charge in [0.05, 0.1) is 4.90 Å². The van der Waals surface area contributed by atoms with Crippen LogP contribution >= 0.6 is 0 Å². The van der Waals surface area contributed by atoms with Crippen LogP contribution in [0.3, 0.4) is 0 Å². The molecule has 0 saturated heterocycles. The van der Waals surface area contributed by atoms with Crippen LogP contribution in [0.15, 0.2) is 29.2 Å². The van der Waals surface area contributed by atoms with Crippen LogP contribution in [0.5, 0.6) is 0 Å². The van der Waals surface area contributed by atoms with E-state index in [1.807, 2.05) is 0 Å². The molecule has 0 aromatic heterocycles. The summed E-state index contributed by atoms with van der Waals surface area (Å²) in [7, 11) is -3.58. The molecule has 0 heterocycles. The molecule has 0 saturated carbocycles. The summed E-state index contributed by atoms with van der Waals surface area (Å²) in [6.07, 6.45) is 0. The van der Waals surface area contributed by atoms with Crippen molar-refractivity contribution in [1.29, 1.82) is 0 Å². The van der Waals surface area contributed by atoms with Gasteiger partial charge >= 0.3 is 0 Å². The molecule has 0 unspecified atom stereocenters. The van der Waals surface area contributed by atoms with Gasteiger partial charge in [0.1, 0.15) is 0 Å². The first-order valence-corrected chi connectivity index (χ1v) is 4.83. The van der Waals surface area contributed by atoms with Gasteiger partial charge in [0, 0.05) is 5.69 Å². The number of anilines is 1. The number of benzene rings is 1. The lowest BCUT2D eigenvalue weighted by atomic mass is 10.3. The standard InChI is InChI=1S/C6H8N2O2S.N3/c7-5-1-3-6(4-2-5)11(8,9)10;1-3-2/h1-4H,7H2,(H2,8,9,10);/q;-1. The van der Waals surface area contributed by atoms with Crippen molar-refractivity contribution in [2.45, 2.75) is 4.90 Å². The lowest BCUT2D eigenvalue weighted by Gasteiger charge is -1.96. The lowest BCUT2D eigenvalue weighted by Crippen LogP contribution is -2.11. The number of sulfonamides is 1. The Bertz CT molecular complexity index is 418. The Kier molecular flexibility index (Phi) is 4.44. The van der Waals surface area contributed by atoms with Crippen LogP contribution in [0, 0.1) is 0 Å². The minimum atomic E-state index is -3.58. The Balaban J connectivity index is 0.000000500. The summed E-state index contributed by atoms with van der Waals surface area (Å²) in [4.78, 5) is 1.58. The molecule has 8 heteroatoms. The SMILES string of the molecule is Nc1ccc(S(N)(=O)=O)cc1.[N-]=[N+]=[N-]. The molecule has 0 amide bonds. The fourth-order valence-electron chi connectivity index (χ4n) is 0.658. The van der Waals surface area contributed by atoms with Gasteiger partial charge in [0.15, 0.2) is 0 Å². The van der Waals surface area contributed by atoms with Crippen molar-refractivity contribution in [3.63, 3.8) is 0 Å². The number of primary sulfonamides is 1. The summed E-state index contributed by atoms with van der Waals surface area (Å²) in [5.74, 6) is 0. The highest BCUT2D eigenvalue weighted by Gasteiger charge is 2.04. The fourth-order valence-corrected chi connectivity index (χ4v) is 1.17. The van der Waals surface area contributed by atoms with Gasteiger partial charge in [-0.1, -0.05) is 0 Å². The predicted octanol–water partition coefficient (Wildman–Crippen LogP) is 0.782. The molecule has 7 nitrogen and oxygen atoms in total. The third-order valence-electron chi connectivity index (χ3n) is 1.21. The van der Waals surface area contributed by atoms with Gasteiger partial charge < -0.3 is 16.8 Å². The number of nitrogen functional groups attached to an aromatic ring is 1. The first-order chi connectivity index (χ1) is 6.41. The monoisotopic (exact) mass is 214 g/mol. The predicted molar refractivity (Wildman–Crippen MR) is 52.3 cm³/mol. The van der Waals surface area contributed by atoms with E-state index >= 15 is 0 Å². The van der Waals surface area contributed by atoms with E-state index in [2.05, 4.69) is 0 Å². The van der Waals surface area contributed by atoms with Gasteiger partial charge in [-0.15, -0.1) is 0 Å². The maximum atomic E-state index is 10.7. The summed E-state index contributed by atoms with van der Waals surface area (Å²) in [5.41, 5.74) is 19.3. The number of rotatable bonds is 1. The van der Waals surface area contributed by atoms with Crippen LogP contribution in [0.4, 0.5) is 5.69 Å². The lowest BCUT2D eigenvalue weighted by molar-refractivity contribution is 0.598. The van der Waals surface area contributed by atoms with Gasteiger partial charge in [-0.05, 0) is 24.3 Å². The van der Waals surface area contributed by atoms with E-state index in [-0.39, 0.29) is 4.90 Å². The summed E-state index contributed by atoms with van der Waals surface area (Å²) in [5, 5.41) is 4.84. The first-order valence-electron chi connectivity index (χ1n) is 3.28. The van der Waals surface area contributed by atoms with Gasteiger partial charge in [-0.2, -0.15) is 0 Å². The Hall–Kier alpha value is -1.76. The first kappa shape index (κ1) is 12.2. The average molecular weight is 214 g/mol. The molecule has 0 fully saturated rings. The van der Waals surface area contributed by atoms with E-state index in [4.69, 9.17) is 21.9 Å². The zero-order valence-corrected chi connectivity index (χ0v) is 7.85. The number of nitrogens with two attached hydrogens (primary N) is 2. The molecule has 0 aliphatic heterocycles. The van der Waals surface area contributed by atoms with Crippen LogP contribution in [-0.2, 0) is 10.0 Å². The van der Waals surface area contributed by atoms with Crippen molar-refractivity contribution in [2.24, 2.45) is 5.14 Å². The normalized spacial score (nSPS) is 9.50. The molecule has 76 valence electrons. The summed E-state index contributed by atoms with van der Waals surface area (Å²) >= 11 is 0. The van der Waals surface area contributed by atoms with Crippen LogP contribution in [0.25, 0.3) is 16.0 Å². The number of nitrogens with zero attached hydrogens (tertiary/aromatic N) is 3. The van der Waals surface area contributed by atoms with E-state index in [1.54, 1.807) is 0 Å². The maximum Gasteiger partial charge on any atom is 0.238 e. The Labute approximate surface area is 80.8 Å². The van der Waals surface area contributed by atoms with E-state index < -0.39 is 10.0 Å². The minimum Gasteiger partial charge on any atom is -0.399 e. The molecule has 4 N–H and O–H groups in total. The van der Waals surface area contributed by atoms with Crippen molar-refractivity contribution < 1.29 is 8.42 Å². The van der Waals surface area contributed by atoms with Gasteiger partial charge in [-0.3, -0.25) is 4.91 Å². The molecule has 1 aromatic rings. The van der Waals surface area contributed by atoms with Crippen LogP contribution in [-0.4, -0.2) is 8.42 Å². The largest absolute Gasteiger partial charge is 0.399 e. The molecule has 1 rings (SSSR count). The van der Waals surface area contributed by atoms with Crippen LogP contribution < -0.4 is 10.9 Å². The Morgan fingerprint density at radius 1 is 1.14 bits per heavy atom. The molecule has 0 aliphatic carbocycles. The van der Waals surface area contributed by atoms with Crippen LogP contribution in [0.1, 0.15) is 0 Å². The van der Waals surface area contributed by atoms with Gasteiger partial charge in [0.2, 0.25) is 10.0 Å². The molecule has 0 radical (unpaired) electrons. The smallest absolute Gasteiger partial charge is 0.238 e. The molecule has 0 atom stereocenters. The van der Waals surface area contributed by atoms with Crippen molar-refractivity contribution in [3.05, 3.63) is 40.2 Å². The molecular weight excluding hydrogens is 206 g/mol. The zero-order chi connectivity index (χ0) is 11.2. The zero-order valence-electron chi connectivity index (χ0n) is 7.03. The van der Waals surface area contributed by atoms with Gasteiger partial charge in [0.25, 0.3) is 0 Å². The molecule has 14 heavy (non-hydrogen) atoms. The second-order valence-electron chi connectivity index (χ2n) is 2.20. The highest BCUT2D eigenvalue weighted by Crippen LogP contribution is 2.08. The highest BCUT2D eigenvalue weighted by atomic mass is 32.2. The third kappa shape index (κ3) is 4.31. The molecule has 0 aliphatic rings. The summed E-state index contributed by atoms with van der Waals surface area (Å²) in [6, 6.07) is 5.70. The van der Waals surface area contributed by atoms with Crippen molar-refractivity contribution in [1.82, 2.24) is 0 Å². The van der Waals surface area contributed by atoms with Crippen molar-refractivity contribution in [2.75, 3.05) is 5.73 Å². The molecule has 0 bridgehead atoms. The van der Waals surface area contributed by atoms with E-state index in [0.717, 1.165) is 0 Å². The van der Waals surface area contributed by atoms with Crippen molar-refractivity contribution >= 4 is 15.7 Å². The van der Waals surface area contributed by atoms with E-state index in [9.17, 15) is 8.42 Å². The average Bonchev–Trinajstić information content (AvgIpc) is 2.04. The Morgan fingerprint density at radius 2 is 1.50 bits per heavy atom. The fraction of sp³-hybridized carbons (Fsp3) is 0. The quantitative estimate of drug-likeness (QED) is 0.308. The third-order valence-corrected chi connectivity index (χ3v) is 2.14. The van der Waals surface area contributed by atoms with E-state index in [0.29, 0.717) is 5.69 Å². The summed E-state index contributed by atoms with van der Waals surface area (Å²) < 4.78 is 21.4. The molecule has 1 aromatic carbocycles. The van der Waals surface area contributed by atoms with Crippen molar-refractivity contribution in [3.8, 4) is 0 Å². The number of hydrogen-bond acceptors (Lipinski definition) is 3. The Morgan fingerprint density at radius 3 is 1.79 bits per heavy atom. The number of hydrogen-bond donors (Lipinski definition) is 2. The topological polar surface area (TPSA) is 145 Å². The second kappa shape index (κ2) is 5.07. The maximum absolute atomic E-state index is 10.7. The molecule has 0 spiro atoms. The minimum absolute atomic E-state index is 0.0756. The summed E-state index contributed by atoms with van der Waals surface area (Å²) in [6.45, 7) is 0. The van der Waals surface area contributed by atoms with Gasteiger partial charge in [-0.25, -0.2) is 13.6 Å². The van der Waals surface area contributed by atoms with Crippen LogP contribution in [0.2, 0.25) is 0 Å². The second-order valence-corrected chi connectivity index (χ2v) is 3.76. The highest BCUT2D eigenvalue weighted by molar-refractivity contribution is 7.89.